The molecule has 1 saturated carbocycles. The molecule has 1 heterocycles. The molecule has 1 aromatic heterocycles. The van der Waals surface area contributed by atoms with Crippen molar-refractivity contribution < 1.29 is 4.42 Å². The normalized spacial score (nSPS) is 19.2. The smallest absolute Gasteiger partial charge is 0.120 e. The van der Waals surface area contributed by atoms with Crippen molar-refractivity contribution in [1.29, 1.82) is 0 Å². The van der Waals surface area contributed by atoms with Crippen LogP contribution >= 0.6 is 0 Å². The largest absolute Gasteiger partial charge is 0.468 e. The molecule has 1 aromatic rings. The molecule has 1 atom stereocenters. The quantitative estimate of drug-likeness (QED) is 0.777. The molecule has 78 valence electrons. The van der Waals surface area contributed by atoms with Gasteiger partial charge in [-0.3, -0.25) is 0 Å². The fourth-order valence-electron chi connectivity index (χ4n) is 2.04. The Morgan fingerprint density at radius 1 is 1.57 bits per heavy atom. The molecule has 2 rings (SSSR count). The summed E-state index contributed by atoms with van der Waals surface area (Å²) >= 11 is 0. The summed E-state index contributed by atoms with van der Waals surface area (Å²) in [5.41, 5.74) is 0. The van der Waals surface area contributed by atoms with E-state index in [2.05, 4.69) is 18.3 Å². The Bertz CT molecular complexity index is 251. The highest BCUT2D eigenvalue weighted by Crippen LogP contribution is 2.37. The van der Waals surface area contributed by atoms with E-state index in [9.17, 15) is 0 Å². The predicted octanol–water partition coefficient (Wildman–Crippen LogP) is 3.12. The maximum Gasteiger partial charge on any atom is 0.120 e. The van der Waals surface area contributed by atoms with Crippen LogP contribution in [0.25, 0.3) is 0 Å². The topological polar surface area (TPSA) is 25.2 Å². The third-order valence-corrected chi connectivity index (χ3v) is 3.09. The zero-order chi connectivity index (χ0) is 9.80. The Morgan fingerprint density at radius 2 is 2.43 bits per heavy atom. The summed E-state index contributed by atoms with van der Waals surface area (Å²) in [6, 6.07) is 4.53. The van der Waals surface area contributed by atoms with Gasteiger partial charge in [0.2, 0.25) is 0 Å². The third kappa shape index (κ3) is 2.01. The Kier molecular flexibility index (Phi) is 3.25. The molecule has 0 radical (unpaired) electrons. The van der Waals surface area contributed by atoms with Crippen molar-refractivity contribution in [3.05, 3.63) is 24.2 Å². The van der Waals surface area contributed by atoms with Gasteiger partial charge in [0.25, 0.3) is 0 Å². The lowest BCUT2D eigenvalue weighted by Gasteiger charge is -2.33. The van der Waals surface area contributed by atoms with Gasteiger partial charge in [-0.25, -0.2) is 0 Å². The number of furan rings is 1. The molecule has 2 heteroatoms. The van der Waals surface area contributed by atoms with E-state index in [4.69, 9.17) is 4.42 Å². The van der Waals surface area contributed by atoms with Crippen molar-refractivity contribution in [3.8, 4) is 0 Å². The molecule has 14 heavy (non-hydrogen) atoms. The Balaban J connectivity index is 1.98. The fourth-order valence-corrected chi connectivity index (χ4v) is 2.04. The molecule has 1 fully saturated rings. The highest BCUT2D eigenvalue weighted by molar-refractivity contribution is 5.07. The second kappa shape index (κ2) is 4.65. The zero-order valence-electron chi connectivity index (χ0n) is 8.83. The van der Waals surface area contributed by atoms with Crippen LogP contribution in [-0.4, -0.2) is 6.54 Å². The summed E-state index contributed by atoms with van der Waals surface area (Å²) in [6.45, 7) is 3.29. The maximum absolute atomic E-state index is 5.49. The van der Waals surface area contributed by atoms with E-state index in [1.165, 1.54) is 25.7 Å². The Hall–Kier alpha value is -0.760. The van der Waals surface area contributed by atoms with E-state index in [0.717, 1.165) is 18.2 Å². The fraction of sp³-hybridized carbons (Fsp3) is 0.667. The van der Waals surface area contributed by atoms with E-state index < -0.39 is 0 Å². The molecular formula is C12H19NO. The standard InChI is InChI=1S/C12H19NO/c1-2-8-13-12(10-5-3-6-10)11-7-4-9-14-11/h4,7,9-10,12-13H,2-3,5-6,8H2,1H3. The van der Waals surface area contributed by atoms with Crippen molar-refractivity contribution in [2.75, 3.05) is 6.54 Å². The van der Waals surface area contributed by atoms with Gasteiger partial charge >= 0.3 is 0 Å². The summed E-state index contributed by atoms with van der Waals surface area (Å²) < 4.78 is 5.49. The first kappa shape index (κ1) is 9.78. The van der Waals surface area contributed by atoms with Gasteiger partial charge in [0, 0.05) is 0 Å². The van der Waals surface area contributed by atoms with Gasteiger partial charge in [-0.05, 0) is 43.9 Å². The number of hydrogen-bond acceptors (Lipinski definition) is 2. The average Bonchev–Trinajstić information content (AvgIpc) is 2.61. The van der Waals surface area contributed by atoms with Crippen LogP contribution < -0.4 is 5.32 Å². The number of hydrogen-bond donors (Lipinski definition) is 1. The third-order valence-electron chi connectivity index (χ3n) is 3.09. The summed E-state index contributed by atoms with van der Waals surface area (Å²) in [4.78, 5) is 0. The van der Waals surface area contributed by atoms with Gasteiger partial charge in [-0.1, -0.05) is 13.3 Å². The highest BCUT2D eigenvalue weighted by atomic mass is 16.3. The molecule has 0 bridgehead atoms. The van der Waals surface area contributed by atoms with E-state index in [1.807, 2.05) is 6.07 Å². The lowest BCUT2D eigenvalue weighted by Crippen LogP contribution is -2.32. The molecule has 0 aromatic carbocycles. The van der Waals surface area contributed by atoms with Crippen LogP contribution in [0.3, 0.4) is 0 Å². The number of rotatable bonds is 5. The van der Waals surface area contributed by atoms with Gasteiger partial charge in [0.15, 0.2) is 0 Å². The second-order valence-electron chi connectivity index (χ2n) is 4.14. The predicted molar refractivity (Wildman–Crippen MR) is 57.1 cm³/mol. The van der Waals surface area contributed by atoms with Gasteiger partial charge in [0.05, 0.1) is 12.3 Å². The first-order valence-electron chi connectivity index (χ1n) is 5.68. The molecule has 1 aliphatic carbocycles. The van der Waals surface area contributed by atoms with Gasteiger partial charge < -0.3 is 9.73 Å². The number of nitrogens with one attached hydrogen (secondary N) is 1. The summed E-state index contributed by atoms with van der Waals surface area (Å²) in [5, 5.41) is 3.58. The van der Waals surface area contributed by atoms with Crippen molar-refractivity contribution >= 4 is 0 Å². The second-order valence-corrected chi connectivity index (χ2v) is 4.14. The van der Waals surface area contributed by atoms with Crippen LogP contribution in [0.2, 0.25) is 0 Å². The van der Waals surface area contributed by atoms with E-state index >= 15 is 0 Å². The van der Waals surface area contributed by atoms with Crippen LogP contribution in [0, 0.1) is 5.92 Å². The minimum atomic E-state index is 0.457. The van der Waals surface area contributed by atoms with Crippen molar-refractivity contribution in [3.63, 3.8) is 0 Å². The molecule has 2 nitrogen and oxygen atoms in total. The SMILES string of the molecule is CCCNC(c1ccco1)C1CCC1. The minimum Gasteiger partial charge on any atom is -0.468 e. The van der Waals surface area contributed by atoms with Crippen LogP contribution in [0.5, 0.6) is 0 Å². The molecule has 0 aliphatic heterocycles. The van der Waals surface area contributed by atoms with Gasteiger partial charge in [-0.2, -0.15) is 0 Å². The van der Waals surface area contributed by atoms with E-state index in [0.29, 0.717) is 6.04 Å². The van der Waals surface area contributed by atoms with Crippen LogP contribution in [0.4, 0.5) is 0 Å². The molecule has 0 saturated heterocycles. The monoisotopic (exact) mass is 193 g/mol. The minimum absolute atomic E-state index is 0.457. The van der Waals surface area contributed by atoms with Crippen LogP contribution in [0.1, 0.15) is 44.4 Å². The molecule has 1 N–H and O–H groups in total. The van der Waals surface area contributed by atoms with Gasteiger partial charge in [-0.15, -0.1) is 0 Å². The molecule has 1 unspecified atom stereocenters. The van der Waals surface area contributed by atoms with Crippen molar-refractivity contribution in [2.45, 2.75) is 38.6 Å². The highest BCUT2D eigenvalue weighted by Gasteiger charge is 2.29. The molecule has 1 aliphatic rings. The van der Waals surface area contributed by atoms with Crippen molar-refractivity contribution in [1.82, 2.24) is 5.32 Å². The van der Waals surface area contributed by atoms with Crippen molar-refractivity contribution in [2.24, 2.45) is 5.92 Å². The summed E-state index contributed by atoms with van der Waals surface area (Å²) in [6.07, 6.45) is 7.04. The molecule has 0 spiro atoms. The average molecular weight is 193 g/mol. The lowest BCUT2D eigenvalue weighted by molar-refractivity contribution is 0.208. The molecular weight excluding hydrogens is 174 g/mol. The zero-order valence-corrected chi connectivity index (χ0v) is 8.83. The Morgan fingerprint density at radius 3 is 2.93 bits per heavy atom. The summed E-state index contributed by atoms with van der Waals surface area (Å²) in [5.74, 6) is 1.91. The first-order chi connectivity index (χ1) is 6.92. The van der Waals surface area contributed by atoms with Gasteiger partial charge in [0.1, 0.15) is 5.76 Å². The van der Waals surface area contributed by atoms with Crippen LogP contribution in [0.15, 0.2) is 22.8 Å². The van der Waals surface area contributed by atoms with E-state index in [1.54, 1.807) is 6.26 Å². The molecule has 0 amide bonds. The summed E-state index contributed by atoms with van der Waals surface area (Å²) in [7, 11) is 0. The lowest BCUT2D eigenvalue weighted by atomic mass is 9.79. The maximum atomic E-state index is 5.49. The Labute approximate surface area is 85.7 Å². The van der Waals surface area contributed by atoms with E-state index in [-0.39, 0.29) is 0 Å². The van der Waals surface area contributed by atoms with Crippen LogP contribution in [-0.2, 0) is 0 Å². The first-order valence-corrected chi connectivity index (χ1v) is 5.68.